The van der Waals surface area contributed by atoms with Gasteiger partial charge in [0, 0.05) is 5.97 Å². The molecule has 0 aliphatic rings. The van der Waals surface area contributed by atoms with E-state index in [0.717, 1.165) is 12.8 Å². The van der Waals surface area contributed by atoms with Crippen LogP contribution in [-0.2, 0) is 10.3 Å². The zero-order valence-electron chi connectivity index (χ0n) is 10.4. The summed E-state index contributed by atoms with van der Waals surface area (Å²) in [5, 5.41) is 10.1. The van der Waals surface area contributed by atoms with Crippen molar-refractivity contribution in [2.45, 2.75) is 71.1 Å². The molecule has 0 heterocycles. The molecule has 0 aliphatic heterocycles. The zero-order chi connectivity index (χ0) is 10.6. The number of carboxylic acid groups (broad SMARTS) is 1. The van der Waals surface area contributed by atoms with Crippen LogP contribution < -0.4 is 5.11 Å². The Morgan fingerprint density at radius 2 is 1.25 bits per heavy atom. The summed E-state index contributed by atoms with van der Waals surface area (Å²) < 4.78 is 0. The van der Waals surface area contributed by atoms with E-state index in [1.165, 1.54) is 44.9 Å². The predicted molar refractivity (Wildman–Crippen MR) is 63.3 cm³/mol. The standard InChI is InChI=1S/C12H24O2.Al.O/c1-2-3-4-5-6-7-8-9-10-11-12(13)14;;/h2-11H2,1H3,(H,13,14);;/q;+3;-2/p-1. The number of hydrogen-bond acceptors (Lipinski definition) is 2. The number of carbonyl (C=O) groups is 1. The fourth-order valence-electron chi connectivity index (χ4n) is 1.58. The minimum atomic E-state index is -0.909. The molecule has 0 bridgehead atoms. The maximum atomic E-state index is 10.1. The molecule has 92 valence electrons. The van der Waals surface area contributed by atoms with Crippen molar-refractivity contribution in [2.75, 3.05) is 0 Å². The van der Waals surface area contributed by atoms with Crippen molar-refractivity contribution >= 4 is 23.3 Å². The van der Waals surface area contributed by atoms with E-state index in [0.29, 0.717) is 0 Å². The van der Waals surface area contributed by atoms with Crippen LogP contribution in [0.1, 0.15) is 71.1 Å². The van der Waals surface area contributed by atoms with Crippen molar-refractivity contribution in [1.82, 2.24) is 0 Å². The summed E-state index contributed by atoms with van der Waals surface area (Å²) in [6.45, 7) is 2.22. The molecule has 0 aromatic heterocycles. The average molecular weight is 242 g/mol. The van der Waals surface area contributed by atoms with Crippen LogP contribution in [0.4, 0.5) is 0 Å². The summed E-state index contributed by atoms with van der Waals surface area (Å²) in [6, 6.07) is 0. The van der Waals surface area contributed by atoms with Crippen molar-refractivity contribution in [3.8, 4) is 0 Å². The number of rotatable bonds is 10. The Bertz CT molecular complexity index is 140. The van der Waals surface area contributed by atoms with Crippen molar-refractivity contribution in [3.05, 3.63) is 0 Å². The molecule has 0 rings (SSSR count). The van der Waals surface area contributed by atoms with Gasteiger partial charge in [-0.2, -0.15) is 0 Å². The third-order valence-corrected chi connectivity index (χ3v) is 2.48. The Hall–Kier alpha value is -0.0375. The first-order chi connectivity index (χ1) is 6.77. The van der Waals surface area contributed by atoms with Crippen molar-refractivity contribution in [2.24, 2.45) is 0 Å². The van der Waals surface area contributed by atoms with Gasteiger partial charge in [-0.05, 0) is 12.8 Å². The largest absolute Gasteiger partial charge is 3.00 e. The SMILES string of the molecule is CCCCCCCCCCCC(=O)[O-].[Al+3].[O-2]. The van der Waals surface area contributed by atoms with Crippen LogP contribution in [0.2, 0.25) is 0 Å². The first-order valence-electron chi connectivity index (χ1n) is 5.97. The molecule has 0 unspecified atom stereocenters. The zero-order valence-corrected chi connectivity index (χ0v) is 11.5. The van der Waals surface area contributed by atoms with Crippen LogP contribution in [0.3, 0.4) is 0 Å². The molecule has 0 atom stereocenters. The molecule has 0 aromatic rings. The van der Waals surface area contributed by atoms with Crippen LogP contribution in [-0.4, -0.2) is 23.3 Å². The Morgan fingerprint density at radius 1 is 0.875 bits per heavy atom. The van der Waals surface area contributed by atoms with Gasteiger partial charge in [-0.25, -0.2) is 0 Å². The third kappa shape index (κ3) is 19.5. The molecule has 0 fully saturated rings. The quantitative estimate of drug-likeness (QED) is 0.435. The Kier molecular flexibility index (Phi) is 23.1. The average Bonchev–Trinajstić information content (AvgIpc) is 2.15. The number of unbranched alkanes of at least 4 members (excludes halogenated alkanes) is 8. The molecular formula is C12H23AlO3. The summed E-state index contributed by atoms with van der Waals surface area (Å²) >= 11 is 0. The fourth-order valence-corrected chi connectivity index (χ4v) is 1.58. The normalized spacial score (nSPS) is 9.06. The first kappa shape index (κ1) is 21.3. The Balaban J connectivity index is -0.000000845. The molecule has 0 aliphatic carbocycles. The summed E-state index contributed by atoms with van der Waals surface area (Å²) in [6.07, 6.45) is 11.2. The number of aliphatic carboxylic acids is 1. The van der Waals surface area contributed by atoms with Gasteiger partial charge < -0.3 is 15.4 Å². The van der Waals surface area contributed by atoms with E-state index in [1.54, 1.807) is 0 Å². The van der Waals surface area contributed by atoms with Crippen molar-refractivity contribution in [3.63, 3.8) is 0 Å². The van der Waals surface area contributed by atoms with E-state index in [-0.39, 0.29) is 29.3 Å². The van der Waals surface area contributed by atoms with Gasteiger partial charge >= 0.3 is 17.4 Å². The van der Waals surface area contributed by atoms with E-state index in [4.69, 9.17) is 0 Å². The minimum absolute atomic E-state index is 0. The van der Waals surface area contributed by atoms with Gasteiger partial charge in [0.25, 0.3) is 0 Å². The molecule has 0 aromatic carbocycles. The van der Waals surface area contributed by atoms with Crippen LogP contribution >= 0.6 is 0 Å². The van der Waals surface area contributed by atoms with E-state index in [1.807, 2.05) is 0 Å². The molecule has 0 spiro atoms. The monoisotopic (exact) mass is 242 g/mol. The third-order valence-electron chi connectivity index (χ3n) is 2.48. The number of hydrogen-bond donors (Lipinski definition) is 0. The van der Waals surface area contributed by atoms with Gasteiger partial charge in [0.2, 0.25) is 0 Å². The summed E-state index contributed by atoms with van der Waals surface area (Å²) in [7, 11) is 0. The molecule has 0 radical (unpaired) electrons. The van der Waals surface area contributed by atoms with E-state index in [2.05, 4.69) is 6.92 Å². The van der Waals surface area contributed by atoms with Crippen LogP contribution in [0.15, 0.2) is 0 Å². The van der Waals surface area contributed by atoms with Gasteiger partial charge in [-0.3, -0.25) is 0 Å². The van der Waals surface area contributed by atoms with E-state index >= 15 is 0 Å². The number of carboxylic acids is 1. The van der Waals surface area contributed by atoms with Gasteiger partial charge in [0.05, 0.1) is 0 Å². The summed E-state index contributed by atoms with van der Waals surface area (Å²) in [4.78, 5) is 10.1. The van der Waals surface area contributed by atoms with Gasteiger partial charge in [0.15, 0.2) is 0 Å². The smallest absolute Gasteiger partial charge is 2.00 e. The topological polar surface area (TPSA) is 68.6 Å². The van der Waals surface area contributed by atoms with Gasteiger partial charge in [-0.15, -0.1) is 0 Å². The van der Waals surface area contributed by atoms with Crippen molar-refractivity contribution < 1.29 is 15.4 Å². The predicted octanol–water partition coefficient (Wildman–Crippen LogP) is 2.16. The molecule has 0 saturated carbocycles. The van der Waals surface area contributed by atoms with Crippen LogP contribution in [0.25, 0.3) is 0 Å². The van der Waals surface area contributed by atoms with Crippen LogP contribution in [0, 0.1) is 0 Å². The number of carbonyl (C=O) groups excluding carboxylic acids is 1. The van der Waals surface area contributed by atoms with Crippen molar-refractivity contribution in [1.29, 1.82) is 0 Å². The maximum absolute atomic E-state index is 10.1. The molecule has 3 nitrogen and oxygen atoms in total. The molecule has 0 amide bonds. The molecule has 0 saturated heterocycles. The molecule has 4 heteroatoms. The molecule has 16 heavy (non-hydrogen) atoms. The molecular weight excluding hydrogens is 219 g/mol. The minimum Gasteiger partial charge on any atom is -2.00 e. The van der Waals surface area contributed by atoms with Gasteiger partial charge in [-0.1, -0.05) is 58.3 Å². The van der Waals surface area contributed by atoms with E-state index < -0.39 is 5.97 Å². The Labute approximate surface area is 110 Å². The Morgan fingerprint density at radius 3 is 1.62 bits per heavy atom. The van der Waals surface area contributed by atoms with Gasteiger partial charge in [0.1, 0.15) is 0 Å². The molecule has 0 N–H and O–H groups in total. The summed E-state index contributed by atoms with van der Waals surface area (Å²) in [5.74, 6) is -0.909. The summed E-state index contributed by atoms with van der Waals surface area (Å²) in [5.41, 5.74) is 0. The second-order valence-electron chi connectivity index (χ2n) is 3.95. The van der Waals surface area contributed by atoms with Crippen LogP contribution in [0.5, 0.6) is 0 Å². The fraction of sp³-hybridized carbons (Fsp3) is 0.917. The second-order valence-corrected chi connectivity index (χ2v) is 3.95. The first-order valence-corrected chi connectivity index (χ1v) is 5.97. The maximum Gasteiger partial charge on any atom is 3.00 e. The second kappa shape index (κ2) is 17.4. The van der Waals surface area contributed by atoms with E-state index in [9.17, 15) is 9.90 Å².